The highest BCUT2D eigenvalue weighted by Gasteiger charge is 2.18. The van der Waals surface area contributed by atoms with Gasteiger partial charge in [-0.2, -0.15) is 0 Å². The molecule has 0 aliphatic carbocycles. The fourth-order valence-corrected chi connectivity index (χ4v) is 2.14. The molecule has 0 aliphatic rings. The Kier molecular flexibility index (Phi) is 2.84. The summed E-state index contributed by atoms with van der Waals surface area (Å²) >= 11 is 0. The van der Waals surface area contributed by atoms with Crippen LogP contribution in [-0.2, 0) is 0 Å². The van der Waals surface area contributed by atoms with Crippen LogP contribution in [-0.4, -0.2) is 5.11 Å². The Morgan fingerprint density at radius 1 is 1.11 bits per heavy atom. The van der Waals surface area contributed by atoms with Gasteiger partial charge in [0.1, 0.15) is 23.3 Å². The van der Waals surface area contributed by atoms with E-state index in [9.17, 15) is 9.50 Å². The summed E-state index contributed by atoms with van der Waals surface area (Å²) in [5.74, 6) is -0.0723. The summed E-state index contributed by atoms with van der Waals surface area (Å²) in [6, 6.07) is 13.9. The number of rotatable bonds is 2. The minimum Gasteiger partial charge on any atom is -0.458 e. The summed E-state index contributed by atoms with van der Waals surface area (Å²) < 4.78 is 19.4. The topological polar surface area (TPSA) is 33.4 Å². The highest BCUT2D eigenvalue weighted by molar-refractivity contribution is 5.77. The lowest BCUT2D eigenvalue weighted by Crippen LogP contribution is -2.01. The van der Waals surface area contributed by atoms with Crippen molar-refractivity contribution in [2.75, 3.05) is 0 Å². The molecule has 0 fully saturated rings. The van der Waals surface area contributed by atoms with Gasteiger partial charge in [-0.25, -0.2) is 4.39 Å². The van der Waals surface area contributed by atoms with E-state index in [4.69, 9.17) is 4.42 Å². The van der Waals surface area contributed by atoms with E-state index in [0.717, 1.165) is 10.9 Å². The van der Waals surface area contributed by atoms with Gasteiger partial charge in [-0.1, -0.05) is 30.3 Å². The molecule has 19 heavy (non-hydrogen) atoms. The summed E-state index contributed by atoms with van der Waals surface area (Å²) in [5.41, 5.74) is 1.73. The van der Waals surface area contributed by atoms with Gasteiger partial charge in [0, 0.05) is 10.9 Å². The predicted molar refractivity (Wildman–Crippen MR) is 71.4 cm³/mol. The molecule has 0 saturated heterocycles. The second kappa shape index (κ2) is 4.52. The van der Waals surface area contributed by atoms with E-state index >= 15 is 0 Å². The van der Waals surface area contributed by atoms with Crippen LogP contribution in [0.25, 0.3) is 11.0 Å². The fourth-order valence-electron chi connectivity index (χ4n) is 2.14. The van der Waals surface area contributed by atoms with Crippen LogP contribution in [0.4, 0.5) is 4.39 Å². The van der Waals surface area contributed by atoms with E-state index in [1.807, 2.05) is 24.3 Å². The molecule has 0 radical (unpaired) electrons. The summed E-state index contributed by atoms with van der Waals surface area (Å²) in [4.78, 5) is 0. The van der Waals surface area contributed by atoms with Crippen LogP contribution in [0.1, 0.15) is 23.0 Å². The average Bonchev–Trinajstić information content (AvgIpc) is 2.81. The highest BCUT2D eigenvalue weighted by Crippen LogP contribution is 2.29. The molecule has 1 heterocycles. The Morgan fingerprint density at radius 3 is 2.63 bits per heavy atom. The molecule has 3 aromatic rings. The number of halogens is 1. The van der Waals surface area contributed by atoms with Gasteiger partial charge >= 0.3 is 0 Å². The van der Waals surface area contributed by atoms with Crippen molar-refractivity contribution < 1.29 is 13.9 Å². The van der Waals surface area contributed by atoms with Crippen molar-refractivity contribution in [1.29, 1.82) is 0 Å². The maximum absolute atomic E-state index is 13.8. The van der Waals surface area contributed by atoms with E-state index in [1.54, 1.807) is 25.1 Å². The third kappa shape index (κ3) is 2.13. The largest absolute Gasteiger partial charge is 0.458 e. The molecule has 0 bridgehead atoms. The Balaban J connectivity index is 2.05. The quantitative estimate of drug-likeness (QED) is 0.752. The van der Waals surface area contributed by atoms with E-state index < -0.39 is 11.9 Å². The minimum atomic E-state index is -1.09. The zero-order valence-electron chi connectivity index (χ0n) is 10.4. The third-order valence-corrected chi connectivity index (χ3v) is 3.16. The van der Waals surface area contributed by atoms with Crippen molar-refractivity contribution in [3.05, 3.63) is 71.2 Å². The Morgan fingerprint density at radius 2 is 1.89 bits per heavy atom. The van der Waals surface area contributed by atoms with Crippen LogP contribution in [0.3, 0.4) is 0 Å². The highest BCUT2D eigenvalue weighted by atomic mass is 19.1. The molecule has 1 unspecified atom stereocenters. The molecule has 2 aromatic carbocycles. The standard InChI is InChI=1S/C16H13FO2/c1-10-6-7-12(13(17)8-10)16(18)15-9-11-4-2-3-5-14(11)19-15/h2-9,16,18H,1H3. The SMILES string of the molecule is Cc1ccc(C(O)c2cc3ccccc3o2)c(F)c1. The van der Waals surface area contributed by atoms with E-state index in [-0.39, 0.29) is 5.56 Å². The molecule has 1 aromatic heterocycles. The monoisotopic (exact) mass is 256 g/mol. The van der Waals surface area contributed by atoms with Crippen LogP contribution in [0.15, 0.2) is 52.9 Å². The molecule has 2 nitrogen and oxygen atoms in total. The van der Waals surface area contributed by atoms with Gasteiger partial charge < -0.3 is 9.52 Å². The van der Waals surface area contributed by atoms with Gasteiger partial charge in [-0.05, 0) is 30.7 Å². The van der Waals surface area contributed by atoms with Crippen LogP contribution >= 0.6 is 0 Å². The number of benzene rings is 2. The second-order valence-electron chi connectivity index (χ2n) is 4.61. The summed E-state index contributed by atoms with van der Waals surface area (Å²) in [7, 11) is 0. The summed E-state index contributed by atoms with van der Waals surface area (Å²) in [6.45, 7) is 1.81. The summed E-state index contributed by atoms with van der Waals surface area (Å²) in [5, 5.41) is 11.1. The number of hydrogen-bond donors (Lipinski definition) is 1. The fraction of sp³-hybridized carbons (Fsp3) is 0.125. The Labute approximate surface area is 110 Å². The molecule has 1 atom stereocenters. The van der Waals surface area contributed by atoms with Crippen molar-refractivity contribution in [1.82, 2.24) is 0 Å². The van der Waals surface area contributed by atoms with Crippen molar-refractivity contribution in [3.63, 3.8) is 0 Å². The normalized spacial score (nSPS) is 12.8. The maximum atomic E-state index is 13.8. The first-order valence-corrected chi connectivity index (χ1v) is 6.08. The van der Waals surface area contributed by atoms with Crippen LogP contribution < -0.4 is 0 Å². The molecule has 1 N–H and O–H groups in total. The van der Waals surface area contributed by atoms with E-state index in [2.05, 4.69) is 0 Å². The lowest BCUT2D eigenvalue weighted by atomic mass is 10.0. The number of furan rings is 1. The Bertz CT molecular complexity index is 697. The summed E-state index contributed by atoms with van der Waals surface area (Å²) in [6.07, 6.45) is -1.09. The molecular formula is C16H13FO2. The number of aryl methyl sites for hydroxylation is 1. The smallest absolute Gasteiger partial charge is 0.139 e. The molecular weight excluding hydrogens is 243 g/mol. The van der Waals surface area contributed by atoms with Crippen LogP contribution in [0, 0.1) is 12.7 Å². The number of aliphatic hydroxyl groups excluding tert-OH is 1. The molecule has 0 amide bonds. The molecule has 3 heteroatoms. The zero-order valence-corrected chi connectivity index (χ0v) is 10.4. The van der Waals surface area contributed by atoms with E-state index in [0.29, 0.717) is 11.3 Å². The molecule has 3 rings (SSSR count). The van der Waals surface area contributed by atoms with Crippen LogP contribution in [0.2, 0.25) is 0 Å². The first kappa shape index (κ1) is 11.9. The first-order chi connectivity index (χ1) is 9.15. The molecule has 0 aliphatic heterocycles. The lowest BCUT2D eigenvalue weighted by molar-refractivity contribution is 0.187. The van der Waals surface area contributed by atoms with Crippen molar-refractivity contribution in [2.24, 2.45) is 0 Å². The second-order valence-corrected chi connectivity index (χ2v) is 4.61. The molecule has 96 valence electrons. The van der Waals surface area contributed by atoms with Gasteiger partial charge in [0.05, 0.1) is 0 Å². The van der Waals surface area contributed by atoms with Gasteiger partial charge in [0.15, 0.2) is 0 Å². The van der Waals surface area contributed by atoms with Gasteiger partial charge in [-0.15, -0.1) is 0 Å². The first-order valence-electron chi connectivity index (χ1n) is 6.08. The number of para-hydroxylation sites is 1. The average molecular weight is 256 g/mol. The number of hydrogen-bond acceptors (Lipinski definition) is 2. The minimum absolute atomic E-state index is 0.227. The Hall–Kier alpha value is -2.13. The van der Waals surface area contributed by atoms with Gasteiger partial charge in [0.25, 0.3) is 0 Å². The zero-order chi connectivity index (χ0) is 13.4. The van der Waals surface area contributed by atoms with Crippen molar-refractivity contribution >= 4 is 11.0 Å². The van der Waals surface area contributed by atoms with E-state index in [1.165, 1.54) is 6.07 Å². The number of fused-ring (bicyclic) bond motifs is 1. The maximum Gasteiger partial charge on any atom is 0.139 e. The third-order valence-electron chi connectivity index (χ3n) is 3.16. The molecule has 0 saturated carbocycles. The van der Waals surface area contributed by atoms with Crippen molar-refractivity contribution in [3.8, 4) is 0 Å². The number of aliphatic hydroxyl groups is 1. The molecule has 0 spiro atoms. The van der Waals surface area contributed by atoms with Gasteiger partial charge in [-0.3, -0.25) is 0 Å². The lowest BCUT2D eigenvalue weighted by Gasteiger charge is -2.09. The van der Waals surface area contributed by atoms with Crippen LogP contribution in [0.5, 0.6) is 0 Å². The van der Waals surface area contributed by atoms with Crippen molar-refractivity contribution in [2.45, 2.75) is 13.0 Å². The predicted octanol–water partition coefficient (Wildman–Crippen LogP) is 3.96. The van der Waals surface area contributed by atoms with Gasteiger partial charge in [0.2, 0.25) is 0 Å².